The van der Waals surface area contributed by atoms with Crippen molar-refractivity contribution in [3.63, 3.8) is 0 Å². The Balaban J connectivity index is 1.88. The Morgan fingerprint density at radius 3 is 2.88 bits per heavy atom. The zero-order chi connectivity index (χ0) is 16.7. The van der Waals surface area contributed by atoms with Gasteiger partial charge in [0.05, 0.1) is 21.4 Å². The minimum atomic E-state index is -0.171. The van der Waals surface area contributed by atoms with Crippen molar-refractivity contribution in [2.45, 2.75) is 13.8 Å². The number of nitrogens with zero attached hydrogens (tertiary/aromatic N) is 3. The zero-order valence-corrected chi connectivity index (χ0v) is 14.6. The molecule has 6 nitrogen and oxygen atoms in total. The molecule has 0 aliphatic heterocycles. The number of H-pyrrole nitrogens is 1. The van der Waals surface area contributed by atoms with E-state index in [1.165, 1.54) is 18.3 Å². The first-order valence-electron chi connectivity index (χ1n) is 7.24. The number of aromatic amines is 1. The van der Waals surface area contributed by atoms with E-state index in [4.69, 9.17) is 0 Å². The van der Waals surface area contributed by atoms with Gasteiger partial charge in [0.2, 0.25) is 11.9 Å². The van der Waals surface area contributed by atoms with Crippen molar-refractivity contribution in [3.05, 3.63) is 34.8 Å². The van der Waals surface area contributed by atoms with E-state index in [0.717, 1.165) is 37.9 Å². The molecule has 4 aromatic rings. The fourth-order valence-corrected chi connectivity index (χ4v) is 3.94. The first kappa shape index (κ1) is 15.0. The number of nitrogens with one attached hydrogen (secondary N) is 2. The summed E-state index contributed by atoms with van der Waals surface area (Å²) >= 11 is 3.12. The third-order valence-corrected chi connectivity index (χ3v) is 5.20. The number of thiazole rings is 2. The summed E-state index contributed by atoms with van der Waals surface area (Å²) in [5, 5.41) is 5.51. The van der Waals surface area contributed by atoms with Crippen molar-refractivity contribution in [2.75, 3.05) is 5.32 Å². The van der Waals surface area contributed by atoms with Crippen LogP contribution < -0.4 is 5.32 Å². The van der Waals surface area contributed by atoms with E-state index in [2.05, 4.69) is 31.3 Å². The van der Waals surface area contributed by atoms with Gasteiger partial charge in [0.25, 0.3) is 0 Å². The van der Waals surface area contributed by atoms with E-state index < -0.39 is 0 Å². The van der Waals surface area contributed by atoms with Crippen molar-refractivity contribution < 1.29 is 4.79 Å². The third-order valence-electron chi connectivity index (χ3n) is 3.44. The molecular weight excluding hydrogens is 342 g/mol. The number of aryl methyl sites for hydroxylation is 1. The topological polar surface area (TPSA) is 83.6 Å². The lowest BCUT2D eigenvalue weighted by atomic mass is 10.1. The van der Waals surface area contributed by atoms with Crippen molar-refractivity contribution in [2.24, 2.45) is 0 Å². The SMILES string of the molecule is CC(=O)Nc1nc(-c2nc(C)cs2)c(-c2ccc3ncsc3c2)[nH]1. The predicted molar refractivity (Wildman–Crippen MR) is 97.4 cm³/mol. The molecule has 4 rings (SSSR count). The molecule has 0 aliphatic rings. The highest BCUT2D eigenvalue weighted by Crippen LogP contribution is 2.35. The molecule has 8 heteroatoms. The average Bonchev–Trinajstić information content (AvgIpc) is 3.24. The van der Waals surface area contributed by atoms with Gasteiger partial charge in [-0.05, 0) is 19.1 Å². The summed E-state index contributed by atoms with van der Waals surface area (Å²) in [7, 11) is 0. The zero-order valence-electron chi connectivity index (χ0n) is 13.0. The maximum absolute atomic E-state index is 11.4. The number of fused-ring (bicyclic) bond motifs is 1. The van der Waals surface area contributed by atoms with Crippen LogP contribution in [-0.4, -0.2) is 25.8 Å². The summed E-state index contributed by atoms with van der Waals surface area (Å²) in [6.07, 6.45) is 0. The van der Waals surface area contributed by atoms with Crippen LogP contribution in [0.3, 0.4) is 0 Å². The Morgan fingerprint density at radius 1 is 1.25 bits per heavy atom. The van der Waals surface area contributed by atoms with Crippen LogP contribution in [0.25, 0.3) is 32.2 Å². The van der Waals surface area contributed by atoms with Crippen molar-refractivity contribution >= 4 is 44.7 Å². The Labute approximate surface area is 145 Å². The van der Waals surface area contributed by atoms with E-state index in [-0.39, 0.29) is 5.91 Å². The number of aromatic nitrogens is 4. The number of benzene rings is 1. The maximum atomic E-state index is 11.4. The fraction of sp³-hybridized carbons (Fsp3) is 0.125. The van der Waals surface area contributed by atoms with E-state index in [9.17, 15) is 4.79 Å². The molecule has 0 spiro atoms. The molecule has 120 valence electrons. The first-order chi connectivity index (χ1) is 11.6. The van der Waals surface area contributed by atoms with E-state index in [0.29, 0.717) is 5.95 Å². The summed E-state index contributed by atoms with van der Waals surface area (Å²) in [6.45, 7) is 3.41. The lowest BCUT2D eigenvalue weighted by Crippen LogP contribution is -2.06. The first-order valence-corrected chi connectivity index (χ1v) is 9.00. The highest BCUT2D eigenvalue weighted by Gasteiger charge is 2.18. The lowest BCUT2D eigenvalue weighted by Gasteiger charge is -2.01. The van der Waals surface area contributed by atoms with Gasteiger partial charge < -0.3 is 4.98 Å². The van der Waals surface area contributed by atoms with Crippen LogP contribution in [0.15, 0.2) is 29.1 Å². The van der Waals surface area contributed by atoms with Crippen LogP contribution in [0.5, 0.6) is 0 Å². The normalized spacial score (nSPS) is 11.1. The summed E-state index contributed by atoms with van der Waals surface area (Å²) in [4.78, 5) is 27.9. The van der Waals surface area contributed by atoms with Gasteiger partial charge in [-0.3, -0.25) is 10.1 Å². The Bertz CT molecular complexity index is 1050. The average molecular weight is 355 g/mol. The van der Waals surface area contributed by atoms with Gasteiger partial charge >= 0.3 is 0 Å². The number of carbonyl (C=O) groups is 1. The van der Waals surface area contributed by atoms with Crippen LogP contribution in [0.1, 0.15) is 12.6 Å². The molecule has 0 saturated heterocycles. The largest absolute Gasteiger partial charge is 0.323 e. The predicted octanol–water partition coefficient (Wildman–Crippen LogP) is 4.08. The second kappa shape index (κ2) is 5.81. The molecule has 0 fully saturated rings. The number of hydrogen-bond donors (Lipinski definition) is 2. The monoisotopic (exact) mass is 355 g/mol. The molecule has 0 atom stereocenters. The highest BCUT2D eigenvalue weighted by molar-refractivity contribution is 7.16. The van der Waals surface area contributed by atoms with Crippen LogP contribution >= 0.6 is 22.7 Å². The molecule has 0 unspecified atom stereocenters. The van der Waals surface area contributed by atoms with Gasteiger partial charge in [-0.25, -0.2) is 15.0 Å². The highest BCUT2D eigenvalue weighted by atomic mass is 32.1. The number of imidazole rings is 1. The van der Waals surface area contributed by atoms with Crippen LogP contribution in [0, 0.1) is 6.92 Å². The number of rotatable bonds is 3. The minimum Gasteiger partial charge on any atom is -0.323 e. The molecular formula is C16H13N5OS2. The van der Waals surface area contributed by atoms with Gasteiger partial charge in [-0.1, -0.05) is 6.07 Å². The van der Waals surface area contributed by atoms with E-state index in [1.807, 2.05) is 29.9 Å². The summed E-state index contributed by atoms with van der Waals surface area (Å²) in [5.74, 6) is 0.250. The molecule has 1 amide bonds. The standard InChI is InChI=1S/C16H13N5OS2/c1-8-6-23-15(18-8)14-13(20-16(21-14)19-9(2)22)10-3-4-11-12(5-10)24-7-17-11/h3-7H,1-2H3,(H2,19,20,21,22). The third kappa shape index (κ3) is 2.70. The van der Waals surface area contributed by atoms with Crippen LogP contribution in [0.4, 0.5) is 5.95 Å². The van der Waals surface area contributed by atoms with Crippen LogP contribution in [-0.2, 0) is 4.79 Å². The molecule has 1 aromatic carbocycles. The molecule has 24 heavy (non-hydrogen) atoms. The van der Waals surface area contributed by atoms with Crippen molar-refractivity contribution in [1.29, 1.82) is 0 Å². The molecule has 3 aromatic heterocycles. The molecule has 2 N–H and O–H groups in total. The second-order valence-electron chi connectivity index (χ2n) is 5.32. The smallest absolute Gasteiger partial charge is 0.223 e. The van der Waals surface area contributed by atoms with Gasteiger partial charge in [0.15, 0.2) is 0 Å². The Kier molecular flexibility index (Phi) is 3.62. The molecule has 0 saturated carbocycles. The summed E-state index contributed by atoms with van der Waals surface area (Å²) in [5.41, 5.74) is 6.30. The number of anilines is 1. The van der Waals surface area contributed by atoms with Crippen LogP contribution in [0.2, 0.25) is 0 Å². The minimum absolute atomic E-state index is 0.171. The number of hydrogen-bond acceptors (Lipinski definition) is 6. The molecule has 0 aliphatic carbocycles. The number of carbonyl (C=O) groups excluding carboxylic acids is 1. The van der Waals surface area contributed by atoms with E-state index in [1.54, 1.807) is 11.3 Å². The Morgan fingerprint density at radius 2 is 2.12 bits per heavy atom. The van der Waals surface area contributed by atoms with Gasteiger partial charge in [0, 0.05) is 23.6 Å². The quantitative estimate of drug-likeness (QED) is 0.580. The molecule has 0 radical (unpaired) electrons. The number of amides is 1. The van der Waals surface area contributed by atoms with Crippen molar-refractivity contribution in [1.82, 2.24) is 19.9 Å². The van der Waals surface area contributed by atoms with Crippen molar-refractivity contribution in [3.8, 4) is 22.0 Å². The van der Waals surface area contributed by atoms with Gasteiger partial charge in [0.1, 0.15) is 10.7 Å². The molecule has 3 heterocycles. The summed E-state index contributed by atoms with van der Waals surface area (Å²) < 4.78 is 1.10. The van der Waals surface area contributed by atoms with E-state index >= 15 is 0 Å². The second-order valence-corrected chi connectivity index (χ2v) is 7.06. The molecule has 0 bridgehead atoms. The van der Waals surface area contributed by atoms with Gasteiger partial charge in [-0.15, -0.1) is 22.7 Å². The maximum Gasteiger partial charge on any atom is 0.223 e. The Hall–Kier alpha value is -2.58. The lowest BCUT2D eigenvalue weighted by molar-refractivity contribution is -0.114. The van der Waals surface area contributed by atoms with Gasteiger partial charge in [-0.2, -0.15) is 0 Å². The summed E-state index contributed by atoms with van der Waals surface area (Å²) in [6, 6.07) is 6.05. The fourth-order valence-electron chi connectivity index (χ4n) is 2.44.